The number of phenols is 2. The lowest BCUT2D eigenvalue weighted by Gasteiger charge is -2.39. The lowest BCUT2D eigenvalue weighted by molar-refractivity contribution is -0.0367. The van der Waals surface area contributed by atoms with E-state index in [0.717, 1.165) is 94.9 Å². The molecule has 2 amide bonds. The number of aromatic nitrogens is 4. The van der Waals surface area contributed by atoms with Crippen LogP contribution >= 0.6 is 15.9 Å². The van der Waals surface area contributed by atoms with Crippen LogP contribution in [0.4, 0.5) is 18.4 Å². The Labute approximate surface area is 448 Å². The molecule has 6 aromatic rings. The van der Waals surface area contributed by atoms with Crippen molar-refractivity contribution in [1.82, 2.24) is 29.4 Å². The Balaban J connectivity index is 0.000000171. The zero-order valence-corrected chi connectivity index (χ0v) is 45.2. The van der Waals surface area contributed by atoms with E-state index in [-0.39, 0.29) is 36.0 Å². The number of aromatic hydroxyl groups is 2. The average Bonchev–Trinajstić information content (AvgIpc) is 3.98. The molecule has 4 fully saturated rings. The van der Waals surface area contributed by atoms with E-state index in [2.05, 4.69) is 32.2 Å². The van der Waals surface area contributed by atoms with E-state index >= 15 is 0 Å². The van der Waals surface area contributed by atoms with Crippen molar-refractivity contribution in [2.75, 3.05) is 52.6 Å². The maximum Gasteiger partial charge on any atom is 0.488 e. The summed E-state index contributed by atoms with van der Waals surface area (Å²) in [5.41, 5.74) is 2.23. The number of ether oxygens (including phenoxy) is 6. The van der Waals surface area contributed by atoms with Gasteiger partial charge >= 0.3 is 19.3 Å². The quantitative estimate of drug-likeness (QED) is 0.0942. The summed E-state index contributed by atoms with van der Waals surface area (Å²) in [7, 11) is -1.70. The van der Waals surface area contributed by atoms with Crippen LogP contribution in [0, 0.1) is 23.5 Å². The summed E-state index contributed by atoms with van der Waals surface area (Å²) >= 11 is 3.59. The number of amides is 2. The number of nitrogens with zero attached hydrogens (tertiary/aromatic N) is 6. The summed E-state index contributed by atoms with van der Waals surface area (Å²) < 4.78 is 66.5. The van der Waals surface area contributed by atoms with Crippen molar-refractivity contribution < 1.29 is 67.1 Å². The molecule has 4 aliphatic rings. The van der Waals surface area contributed by atoms with E-state index < -0.39 is 41.5 Å². The van der Waals surface area contributed by atoms with Gasteiger partial charge in [-0.3, -0.25) is 0 Å². The minimum absolute atomic E-state index is 0.0142. The molecule has 2 unspecified atom stereocenters. The molecule has 0 bridgehead atoms. The van der Waals surface area contributed by atoms with Gasteiger partial charge < -0.3 is 58.5 Å². The van der Waals surface area contributed by atoms with Crippen LogP contribution in [0.3, 0.4) is 0 Å². The Bertz CT molecular complexity index is 2980. The van der Waals surface area contributed by atoms with Gasteiger partial charge in [0.25, 0.3) is 0 Å². The highest BCUT2D eigenvalue weighted by Crippen LogP contribution is 2.38. The first-order chi connectivity index (χ1) is 36.1. The number of carbonyl (C=O) groups excluding carboxylic acids is 2. The summed E-state index contributed by atoms with van der Waals surface area (Å²) in [6.07, 6.45) is 9.07. The second-order valence-electron chi connectivity index (χ2n) is 21.4. The maximum atomic E-state index is 14.1. The molecule has 0 aliphatic carbocycles. The van der Waals surface area contributed by atoms with Gasteiger partial charge in [-0.15, -0.1) is 0 Å². The lowest BCUT2D eigenvalue weighted by atomic mass is 9.80. The summed E-state index contributed by atoms with van der Waals surface area (Å²) in [6, 6.07) is 15.3. The third-order valence-electron chi connectivity index (χ3n) is 12.9. The Kier molecular flexibility index (Phi) is 17.7. The molecule has 22 heteroatoms. The molecular formula is C54H66BBrF2N6O12. The molecule has 4 N–H and O–H groups in total. The van der Waals surface area contributed by atoms with Gasteiger partial charge in [0.15, 0.2) is 35.6 Å². The zero-order chi connectivity index (χ0) is 54.5. The maximum absolute atomic E-state index is 14.1. The predicted octanol–water partition coefficient (Wildman–Crippen LogP) is 9.45. The molecular weight excluding hydrogens is 1050 g/mol. The first kappa shape index (κ1) is 56.0. The molecule has 408 valence electrons. The molecule has 4 aromatic carbocycles. The van der Waals surface area contributed by atoms with E-state index in [9.17, 15) is 23.5 Å². The normalized spacial score (nSPS) is 18.1. The van der Waals surface area contributed by atoms with Gasteiger partial charge in [0.1, 0.15) is 22.7 Å². The monoisotopic (exact) mass is 1120 g/mol. The highest BCUT2D eigenvalue weighted by molar-refractivity contribution is 9.10. The Hall–Kier alpha value is -6.20. The van der Waals surface area contributed by atoms with E-state index in [1.165, 1.54) is 18.2 Å². The van der Waals surface area contributed by atoms with Gasteiger partial charge in [-0.25, -0.2) is 27.7 Å². The molecule has 0 saturated carbocycles. The van der Waals surface area contributed by atoms with Crippen molar-refractivity contribution in [2.45, 2.75) is 104 Å². The van der Waals surface area contributed by atoms with E-state index in [4.69, 9.17) is 43.6 Å². The van der Waals surface area contributed by atoms with E-state index in [0.29, 0.717) is 63.2 Å². The van der Waals surface area contributed by atoms with Gasteiger partial charge in [0.2, 0.25) is 0 Å². The van der Waals surface area contributed by atoms with Crippen molar-refractivity contribution in [3.8, 4) is 34.1 Å². The smallest absolute Gasteiger partial charge is 0.488 e. The number of likely N-dealkylation sites (tertiary alicyclic amines) is 2. The molecule has 76 heavy (non-hydrogen) atoms. The van der Waals surface area contributed by atoms with Crippen molar-refractivity contribution in [2.24, 2.45) is 11.8 Å². The van der Waals surface area contributed by atoms with Crippen molar-refractivity contribution >= 4 is 62.5 Å². The second kappa shape index (κ2) is 24.0. The highest BCUT2D eigenvalue weighted by atomic mass is 79.9. The SMILES string of the molecule is CC(C)(C)OC(=O)N1CC(COc2cc(-c3ccc(O)c(F)c3)cc3c2cnn3C2CCCCO2)C1.CC(C)(C)OC(=O)N1CC(COc2cc(Br)cc3c2cnn3C2CCCCO2)C1.OB(O)c1ccc(O)c(F)c1. The van der Waals surface area contributed by atoms with Crippen molar-refractivity contribution in [3.63, 3.8) is 0 Å². The first-order valence-electron chi connectivity index (χ1n) is 25.5. The number of hydrogen-bond acceptors (Lipinski definition) is 14. The molecule has 4 aliphatic heterocycles. The van der Waals surface area contributed by atoms with Gasteiger partial charge in [-0.2, -0.15) is 10.2 Å². The van der Waals surface area contributed by atoms with E-state index in [1.807, 2.05) is 75.3 Å². The fourth-order valence-corrected chi connectivity index (χ4v) is 9.40. The van der Waals surface area contributed by atoms with Gasteiger partial charge in [-0.1, -0.05) is 28.1 Å². The molecule has 4 saturated heterocycles. The number of rotatable bonds is 10. The van der Waals surface area contributed by atoms with Gasteiger partial charge in [0.05, 0.1) is 47.4 Å². The summed E-state index contributed by atoms with van der Waals surface area (Å²) in [4.78, 5) is 27.7. The minimum Gasteiger partial charge on any atom is -0.505 e. The fourth-order valence-electron chi connectivity index (χ4n) is 8.98. The molecule has 0 radical (unpaired) electrons. The lowest BCUT2D eigenvalue weighted by Crippen LogP contribution is -2.53. The summed E-state index contributed by atoms with van der Waals surface area (Å²) in [5.74, 6) is -0.536. The number of benzene rings is 4. The summed E-state index contributed by atoms with van der Waals surface area (Å²) in [5, 5.41) is 46.4. The van der Waals surface area contributed by atoms with Gasteiger partial charge in [-0.05, 0) is 145 Å². The number of hydrogen-bond donors (Lipinski definition) is 4. The third kappa shape index (κ3) is 14.2. The number of fused-ring (bicyclic) bond motifs is 2. The van der Waals surface area contributed by atoms with Crippen LogP contribution < -0.4 is 14.9 Å². The Morgan fingerprint density at radius 2 is 1.13 bits per heavy atom. The number of halogens is 3. The van der Waals surface area contributed by atoms with Crippen LogP contribution in [0.15, 0.2) is 77.5 Å². The Morgan fingerprint density at radius 1 is 0.658 bits per heavy atom. The zero-order valence-electron chi connectivity index (χ0n) is 43.6. The minimum atomic E-state index is -1.70. The molecule has 10 rings (SSSR count). The van der Waals surface area contributed by atoms with Crippen molar-refractivity contribution in [3.05, 3.63) is 89.2 Å². The van der Waals surface area contributed by atoms with Crippen molar-refractivity contribution in [1.29, 1.82) is 0 Å². The van der Waals surface area contributed by atoms with Crippen LogP contribution in [-0.2, 0) is 18.9 Å². The summed E-state index contributed by atoms with van der Waals surface area (Å²) in [6.45, 7) is 16.1. The van der Waals surface area contributed by atoms with Gasteiger partial charge in [0, 0.05) is 55.7 Å². The van der Waals surface area contributed by atoms with E-state index in [1.54, 1.807) is 22.1 Å². The number of phenolic OH excluding ortho intramolecular Hbond substituents is 2. The standard InChI is InChI=1S/C27H32FN3O5.C21H28BrN3O4.C6H6BFO3/c1-27(2,3)36-26(33)30-14-17(15-30)16-35-24-12-19(18-7-8-23(32)21(28)10-18)11-22-20(24)13-29-31(22)25-6-4-5-9-34-25;1-21(2,3)29-20(26)24-11-14(12-24)13-28-18-9-15(22)8-17-16(18)10-23-25(17)19-6-4-5-7-27-19;8-5-3-4(7(10)11)1-2-6(5)9/h7-8,10-13,17,25,32H,4-6,9,14-16H2,1-3H3;8-10,14,19H,4-7,11-13H2,1-3H3;1-3,9-11H. The molecule has 0 spiro atoms. The topological polar surface area (TPSA) is 213 Å². The molecule has 6 heterocycles. The number of carbonyl (C=O) groups is 2. The van der Waals surface area contributed by atoms with Crippen LogP contribution in [0.1, 0.15) is 92.5 Å². The fraction of sp³-hybridized carbons (Fsp3) is 0.481. The molecule has 2 aromatic heterocycles. The first-order valence-corrected chi connectivity index (χ1v) is 26.3. The molecule has 18 nitrogen and oxygen atoms in total. The van der Waals surface area contributed by atoms with Crippen LogP contribution in [-0.4, -0.2) is 133 Å². The highest BCUT2D eigenvalue weighted by Gasteiger charge is 2.36. The Morgan fingerprint density at radius 3 is 1.58 bits per heavy atom. The molecule has 2 atom stereocenters. The van der Waals surface area contributed by atoms with Crippen LogP contribution in [0.25, 0.3) is 32.9 Å². The average molecular weight is 1120 g/mol. The largest absolute Gasteiger partial charge is 0.505 e. The predicted molar refractivity (Wildman–Crippen MR) is 283 cm³/mol. The second-order valence-corrected chi connectivity index (χ2v) is 22.4. The van der Waals surface area contributed by atoms with Crippen LogP contribution in [0.5, 0.6) is 23.0 Å². The third-order valence-corrected chi connectivity index (χ3v) is 13.4. The van der Waals surface area contributed by atoms with Crippen LogP contribution in [0.2, 0.25) is 0 Å².